The molecule has 0 aliphatic carbocycles. The Labute approximate surface area is 127 Å². The molecule has 0 atom stereocenters. The van der Waals surface area contributed by atoms with Crippen LogP contribution < -0.4 is 0 Å². The number of nitrogens with zero attached hydrogens (tertiary/aromatic N) is 2. The van der Waals surface area contributed by atoms with Gasteiger partial charge in [0.15, 0.2) is 5.78 Å². The van der Waals surface area contributed by atoms with E-state index in [1.807, 2.05) is 52.9 Å². The molecule has 0 aromatic heterocycles. The SMILES string of the molecule is CCN(CC)C(=O)CN(C)CC(=O)c1cc(C)ccc1C. The van der Waals surface area contributed by atoms with Crippen LogP contribution in [-0.4, -0.2) is 54.7 Å². The standard InChI is InChI=1S/C17H26N2O2/c1-6-19(7-2)17(21)12-18(5)11-16(20)15-10-13(3)8-9-14(15)4/h8-10H,6-7,11-12H2,1-5H3. The number of hydrogen-bond acceptors (Lipinski definition) is 3. The first-order valence-electron chi connectivity index (χ1n) is 7.45. The molecular formula is C17H26N2O2. The van der Waals surface area contributed by atoms with E-state index in [0.29, 0.717) is 13.1 Å². The summed E-state index contributed by atoms with van der Waals surface area (Å²) in [5.41, 5.74) is 2.80. The third-order valence-electron chi connectivity index (χ3n) is 3.63. The van der Waals surface area contributed by atoms with E-state index in [1.54, 1.807) is 9.80 Å². The van der Waals surface area contributed by atoms with Gasteiger partial charge in [0.2, 0.25) is 5.91 Å². The molecule has 0 spiro atoms. The first-order chi connectivity index (χ1) is 9.88. The topological polar surface area (TPSA) is 40.6 Å². The maximum Gasteiger partial charge on any atom is 0.236 e. The van der Waals surface area contributed by atoms with Crippen molar-refractivity contribution in [2.24, 2.45) is 0 Å². The largest absolute Gasteiger partial charge is 0.342 e. The highest BCUT2D eigenvalue weighted by Gasteiger charge is 2.16. The Balaban J connectivity index is 2.66. The van der Waals surface area contributed by atoms with Crippen LogP contribution >= 0.6 is 0 Å². The molecule has 0 saturated heterocycles. The van der Waals surface area contributed by atoms with E-state index in [1.165, 1.54) is 0 Å². The number of ketones is 1. The van der Waals surface area contributed by atoms with Gasteiger partial charge in [-0.3, -0.25) is 14.5 Å². The van der Waals surface area contributed by atoms with Crippen molar-refractivity contribution in [3.05, 3.63) is 34.9 Å². The smallest absolute Gasteiger partial charge is 0.236 e. The predicted molar refractivity (Wildman–Crippen MR) is 85.7 cm³/mol. The van der Waals surface area contributed by atoms with Crippen molar-refractivity contribution < 1.29 is 9.59 Å². The molecule has 0 bridgehead atoms. The molecule has 0 radical (unpaired) electrons. The van der Waals surface area contributed by atoms with E-state index >= 15 is 0 Å². The lowest BCUT2D eigenvalue weighted by Gasteiger charge is -2.22. The lowest BCUT2D eigenvalue weighted by molar-refractivity contribution is -0.131. The number of Topliss-reactive ketones (excluding diaryl/α,β-unsaturated/α-hetero) is 1. The molecule has 0 saturated carbocycles. The number of rotatable bonds is 7. The normalized spacial score (nSPS) is 10.8. The van der Waals surface area contributed by atoms with Gasteiger partial charge in [0.25, 0.3) is 0 Å². The highest BCUT2D eigenvalue weighted by Crippen LogP contribution is 2.12. The van der Waals surface area contributed by atoms with E-state index in [0.717, 1.165) is 16.7 Å². The molecule has 0 heterocycles. The van der Waals surface area contributed by atoms with E-state index < -0.39 is 0 Å². The molecule has 0 aliphatic heterocycles. The molecule has 0 N–H and O–H groups in total. The van der Waals surface area contributed by atoms with Crippen molar-refractivity contribution in [3.8, 4) is 0 Å². The van der Waals surface area contributed by atoms with Crippen LogP contribution in [0.2, 0.25) is 0 Å². The quantitative estimate of drug-likeness (QED) is 0.723. The van der Waals surface area contributed by atoms with E-state index in [9.17, 15) is 9.59 Å². The van der Waals surface area contributed by atoms with Crippen LogP contribution in [0, 0.1) is 13.8 Å². The zero-order chi connectivity index (χ0) is 16.0. The Bertz CT molecular complexity index is 508. The summed E-state index contributed by atoms with van der Waals surface area (Å²) in [5, 5.41) is 0. The Hall–Kier alpha value is -1.68. The molecule has 4 heteroatoms. The molecule has 116 valence electrons. The van der Waals surface area contributed by atoms with Gasteiger partial charge in [-0.15, -0.1) is 0 Å². The van der Waals surface area contributed by atoms with Gasteiger partial charge in [-0.2, -0.15) is 0 Å². The van der Waals surface area contributed by atoms with E-state index in [-0.39, 0.29) is 24.8 Å². The first kappa shape index (κ1) is 17.4. The molecule has 0 unspecified atom stereocenters. The summed E-state index contributed by atoms with van der Waals surface area (Å²) < 4.78 is 0. The zero-order valence-corrected chi connectivity index (χ0v) is 13.8. The molecule has 1 rings (SSSR count). The third-order valence-corrected chi connectivity index (χ3v) is 3.63. The highest BCUT2D eigenvalue weighted by molar-refractivity contribution is 5.99. The number of amides is 1. The second kappa shape index (κ2) is 7.93. The second-order valence-corrected chi connectivity index (χ2v) is 5.48. The summed E-state index contributed by atoms with van der Waals surface area (Å²) in [5.74, 6) is 0.127. The minimum atomic E-state index is 0.0612. The molecule has 21 heavy (non-hydrogen) atoms. The predicted octanol–water partition coefficient (Wildman–Crippen LogP) is 2.29. The zero-order valence-electron chi connectivity index (χ0n) is 13.8. The molecule has 1 aromatic rings. The van der Waals surface area contributed by atoms with Crippen LogP contribution in [0.4, 0.5) is 0 Å². The number of hydrogen-bond donors (Lipinski definition) is 0. The van der Waals surface area contributed by atoms with Crippen LogP contribution in [0.3, 0.4) is 0 Å². The molecule has 1 amide bonds. The second-order valence-electron chi connectivity index (χ2n) is 5.48. The molecule has 0 fully saturated rings. The fraction of sp³-hybridized carbons (Fsp3) is 0.529. The number of aryl methyl sites for hydroxylation is 2. The van der Waals surface area contributed by atoms with E-state index in [4.69, 9.17) is 0 Å². The van der Waals surface area contributed by atoms with Gasteiger partial charge in [-0.1, -0.05) is 17.7 Å². The maximum absolute atomic E-state index is 12.4. The summed E-state index contributed by atoms with van der Waals surface area (Å²) in [6, 6.07) is 5.88. The number of carbonyl (C=O) groups excluding carboxylic acids is 2. The van der Waals surface area contributed by atoms with Gasteiger partial charge in [-0.25, -0.2) is 0 Å². The average molecular weight is 290 g/mol. The van der Waals surface area contributed by atoms with Crippen molar-refractivity contribution in [2.75, 3.05) is 33.2 Å². The number of carbonyl (C=O) groups is 2. The van der Waals surface area contributed by atoms with Crippen LogP contribution in [0.5, 0.6) is 0 Å². The van der Waals surface area contributed by atoms with Gasteiger partial charge < -0.3 is 4.90 Å². The van der Waals surface area contributed by atoms with Crippen molar-refractivity contribution in [1.29, 1.82) is 0 Å². The summed E-state index contributed by atoms with van der Waals surface area (Å²) >= 11 is 0. The Kier molecular flexibility index (Phi) is 6.56. The number of benzene rings is 1. The van der Waals surface area contributed by atoms with Crippen molar-refractivity contribution in [1.82, 2.24) is 9.80 Å². The molecule has 0 aliphatic rings. The van der Waals surface area contributed by atoms with Crippen LogP contribution in [-0.2, 0) is 4.79 Å². The minimum absolute atomic E-state index is 0.0612. The lowest BCUT2D eigenvalue weighted by atomic mass is 10.0. The first-order valence-corrected chi connectivity index (χ1v) is 7.45. The monoisotopic (exact) mass is 290 g/mol. The Morgan fingerprint density at radius 2 is 1.67 bits per heavy atom. The summed E-state index contributed by atoms with van der Waals surface area (Å²) in [7, 11) is 1.81. The van der Waals surface area contributed by atoms with Crippen molar-refractivity contribution in [2.45, 2.75) is 27.7 Å². The average Bonchev–Trinajstić information content (AvgIpc) is 2.42. The fourth-order valence-electron chi connectivity index (χ4n) is 2.33. The van der Waals surface area contributed by atoms with Crippen molar-refractivity contribution in [3.63, 3.8) is 0 Å². The Morgan fingerprint density at radius 3 is 2.24 bits per heavy atom. The van der Waals surface area contributed by atoms with Gasteiger partial charge in [0.05, 0.1) is 13.1 Å². The number of likely N-dealkylation sites (N-methyl/N-ethyl adjacent to an activating group) is 2. The van der Waals surface area contributed by atoms with Crippen molar-refractivity contribution >= 4 is 11.7 Å². The van der Waals surface area contributed by atoms with Crippen LogP contribution in [0.1, 0.15) is 35.3 Å². The van der Waals surface area contributed by atoms with Crippen LogP contribution in [0.15, 0.2) is 18.2 Å². The highest BCUT2D eigenvalue weighted by atomic mass is 16.2. The summed E-state index contributed by atoms with van der Waals surface area (Å²) in [4.78, 5) is 27.9. The summed E-state index contributed by atoms with van der Waals surface area (Å²) in [6.07, 6.45) is 0. The van der Waals surface area contributed by atoms with Gasteiger partial charge in [0.1, 0.15) is 0 Å². The molecule has 1 aromatic carbocycles. The summed E-state index contributed by atoms with van der Waals surface area (Å²) in [6.45, 7) is 9.78. The van der Waals surface area contributed by atoms with E-state index in [2.05, 4.69) is 0 Å². The lowest BCUT2D eigenvalue weighted by Crippen LogP contribution is -2.40. The fourth-order valence-corrected chi connectivity index (χ4v) is 2.33. The Morgan fingerprint density at radius 1 is 1.05 bits per heavy atom. The molecular weight excluding hydrogens is 264 g/mol. The van der Waals surface area contributed by atoms with Crippen LogP contribution in [0.25, 0.3) is 0 Å². The van der Waals surface area contributed by atoms with Gasteiger partial charge in [0, 0.05) is 18.7 Å². The van der Waals surface area contributed by atoms with Gasteiger partial charge in [-0.05, 0) is 46.4 Å². The molecule has 4 nitrogen and oxygen atoms in total. The third kappa shape index (κ3) is 4.97. The minimum Gasteiger partial charge on any atom is -0.342 e. The van der Waals surface area contributed by atoms with Gasteiger partial charge >= 0.3 is 0 Å². The maximum atomic E-state index is 12.4.